The maximum absolute atomic E-state index is 13.4. The fourth-order valence-electron chi connectivity index (χ4n) is 10.5. The zero-order chi connectivity index (χ0) is 51.6. The molecule has 0 spiro atoms. The highest BCUT2D eigenvalue weighted by Gasteiger charge is 2.43. The third kappa shape index (κ3) is 9.98. The van der Waals surface area contributed by atoms with Crippen LogP contribution in [-0.4, -0.2) is 111 Å². The van der Waals surface area contributed by atoms with Crippen LogP contribution in [0, 0.1) is 23.7 Å². The van der Waals surface area contributed by atoms with Crippen LogP contribution < -0.4 is 9.80 Å². The summed E-state index contributed by atoms with van der Waals surface area (Å²) < 4.78 is 80.9. The number of anilines is 2. The number of piperidine rings is 2. The van der Waals surface area contributed by atoms with E-state index >= 15 is 0 Å². The predicted octanol–water partition coefficient (Wildman–Crippen LogP) is 8.11. The Labute approximate surface area is 419 Å². The summed E-state index contributed by atoms with van der Waals surface area (Å²) in [5.74, 6) is -2.41. The van der Waals surface area contributed by atoms with Gasteiger partial charge in [0.05, 0.1) is 57.8 Å². The zero-order valence-electron chi connectivity index (χ0n) is 39.7. The van der Waals surface area contributed by atoms with Crippen LogP contribution in [-0.2, 0) is 48.1 Å². The van der Waals surface area contributed by atoms with Gasteiger partial charge in [0, 0.05) is 87.4 Å². The summed E-state index contributed by atoms with van der Waals surface area (Å²) in [4.78, 5) is 43.1. The van der Waals surface area contributed by atoms with Crippen molar-refractivity contribution in [2.24, 2.45) is 23.7 Å². The standard InChI is InChI=1S/2C24H26ClF3N6O2/c2*1-13-11-32(21-17-4-3-15(14(2)35)9-19(17)29-10-18(21)25)6-5-16(13)22(36)33-7-8-34-20(12-33)30-31-23(34)24(26,27)28/h2*3-4,9-10,13-14,16,35H,5-8,11-12H2,1-2H3/t2*13-,14?,16+/m11/s1. The monoisotopic (exact) mass is 1040 g/mol. The van der Waals surface area contributed by atoms with E-state index in [4.69, 9.17) is 23.2 Å². The van der Waals surface area contributed by atoms with E-state index in [1.807, 2.05) is 50.2 Å². The molecule has 0 radical (unpaired) electrons. The lowest BCUT2D eigenvalue weighted by atomic mass is 9.85. The Morgan fingerprint density at radius 3 is 1.35 bits per heavy atom. The summed E-state index contributed by atoms with van der Waals surface area (Å²) in [6, 6.07) is 11.2. The van der Waals surface area contributed by atoms with E-state index in [-0.39, 0.29) is 86.4 Å². The minimum Gasteiger partial charge on any atom is -0.389 e. The van der Waals surface area contributed by atoms with E-state index in [1.165, 1.54) is 0 Å². The van der Waals surface area contributed by atoms with Crippen LogP contribution in [0.15, 0.2) is 48.8 Å². The van der Waals surface area contributed by atoms with Gasteiger partial charge in [0.2, 0.25) is 23.5 Å². The Balaban J connectivity index is 0.000000178. The van der Waals surface area contributed by atoms with Gasteiger partial charge in [-0.2, -0.15) is 26.3 Å². The highest BCUT2D eigenvalue weighted by molar-refractivity contribution is 6.35. The molecule has 4 aliphatic heterocycles. The molecular formula is C48H52Cl2F6N12O4. The van der Waals surface area contributed by atoms with Gasteiger partial charge >= 0.3 is 12.4 Å². The second-order valence-corrected chi connectivity index (χ2v) is 20.0. The van der Waals surface area contributed by atoms with Crippen molar-refractivity contribution in [1.29, 1.82) is 0 Å². The topological polar surface area (TPSA) is 175 Å². The largest absolute Gasteiger partial charge is 0.451 e. The number of halogens is 8. The van der Waals surface area contributed by atoms with Crippen LogP contribution in [0.25, 0.3) is 21.8 Å². The van der Waals surface area contributed by atoms with Gasteiger partial charge in [-0.3, -0.25) is 19.6 Å². The number of hydrogen-bond donors (Lipinski definition) is 2. The Bertz CT molecular complexity index is 2820. The number of amides is 2. The molecule has 4 aromatic heterocycles. The zero-order valence-corrected chi connectivity index (χ0v) is 41.2. The van der Waals surface area contributed by atoms with Gasteiger partial charge in [0.1, 0.15) is 0 Å². The summed E-state index contributed by atoms with van der Waals surface area (Å²) in [6.45, 7) is 10.2. The van der Waals surface area contributed by atoms with Crippen molar-refractivity contribution in [2.75, 3.05) is 49.1 Å². The molecule has 16 nitrogen and oxygen atoms in total. The van der Waals surface area contributed by atoms with E-state index in [0.29, 0.717) is 49.1 Å². The summed E-state index contributed by atoms with van der Waals surface area (Å²) in [6.07, 6.45) is -5.99. The maximum Gasteiger partial charge on any atom is 0.451 e. The molecule has 10 rings (SSSR count). The van der Waals surface area contributed by atoms with Crippen molar-refractivity contribution in [3.05, 3.63) is 93.3 Å². The summed E-state index contributed by atoms with van der Waals surface area (Å²) in [5, 5.41) is 36.6. The number of benzene rings is 2. The maximum atomic E-state index is 13.4. The lowest BCUT2D eigenvalue weighted by Crippen LogP contribution is -2.49. The molecule has 2 N–H and O–H groups in total. The molecule has 384 valence electrons. The van der Waals surface area contributed by atoms with Crippen LogP contribution in [0.5, 0.6) is 0 Å². The van der Waals surface area contributed by atoms with Crippen molar-refractivity contribution >= 4 is 68.2 Å². The van der Waals surface area contributed by atoms with Gasteiger partial charge in [-0.05, 0) is 61.8 Å². The van der Waals surface area contributed by atoms with E-state index in [9.17, 15) is 46.1 Å². The number of hydrogen-bond acceptors (Lipinski definition) is 12. The third-order valence-corrected chi connectivity index (χ3v) is 14.9. The molecule has 0 saturated carbocycles. The van der Waals surface area contributed by atoms with E-state index < -0.39 is 36.2 Å². The number of alkyl halides is 6. The molecule has 2 amide bonds. The van der Waals surface area contributed by atoms with Gasteiger partial charge in [-0.25, -0.2) is 0 Å². The van der Waals surface area contributed by atoms with Gasteiger partial charge in [-0.15, -0.1) is 20.4 Å². The number of aliphatic hydroxyl groups excluding tert-OH is 2. The lowest BCUT2D eigenvalue weighted by molar-refractivity contribution is -0.149. The van der Waals surface area contributed by atoms with Gasteiger partial charge in [0.25, 0.3) is 0 Å². The van der Waals surface area contributed by atoms with Crippen molar-refractivity contribution in [2.45, 2.75) is 91.3 Å². The Morgan fingerprint density at radius 2 is 1.00 bits per heavy atom. The van der Waals surface area contributed by atoms with E-state index in [2.05, 4.69) is 40.2 Å². The average Bonchev–Trinajstić information content (AvgIpc) is 3.98. The molecule has 2 unspecified atom stereocenters. The van der Waals surface area contributed by atoms with Crippen LogP contribution in [0.1, 0.15) is 87.2 Å². The molecule has 6 atom stereocenters. The smallest absolute Gasteiger partial charge is 0.389 e. The molecule has 0 aliphatic carbocycles. The lowest BCUT2D eigenvalue weighted by Gasteiger charge is -2.40. The Morgan fingerprint density at radius 1 is 0.611 bits per heavy atom. The fraction of sp³-hybridized carbons (Fsp3) is 0.500. The highest BCUT2D eigenvalue weighted by atomic mass is 35.5. The highest BCUT2D eigenvalue weighted by Crippen LogP contribution is 2.41. The van der Waals surface area contributed by atoms with Gasteiger partial charge in [0.15, 0.2) is 11.6 Å². The first kappa shape index (κ1) is 51.1. The summed E-state index contributed by atoms with van der Waals surface area (Å²) >= 11 is 13.1. The summed E-state index contributed by atoms with van der Waals surface area (Å²) in [7, 11) is 0. The normalized spacial score (nSPS) is 21.5. The number of carbonyl (C=O) groups excluding carboxylic acids is 2. The first-order valence-electron chi connectivity index (χ1n) is 23.7. The molecule has 6 aromatic rings. The average molecular weight is 1050 g/mol. The van der Waals surface area contributed by atoms with Crippen LogP contribution in [0.4, 0.5) is 37.7 Å². The number of fused-ring (bicyclic) bond motifs is 4. The molecular weight excluding hydrogens is 994 g/mol. The van der Waals surface area contributed by atoms with Crippen molar-refractivity contribution in [3.63, 3.8) is 0 Å². The quantitative estimate of drug-likeness (QED) is 0.154. The molecule has 2 saturated heterocycles. The molecule has 2 aromatic carbocycles. The SMILES string of the molecule is CC(O)c1ccc2c(N3CC[C@H](C(=O)N4CCn5c(nnc5C(F)(F)F)C4)[C@H](C)C3)c(Cl)cnc2c1.CC(O)c1ccc2c(N3CC[C@H](C(=O)N4CCn5c(nnc5C(F)(F)F)C4)[C@H](C)C3)c(Cl)cnc2c1. The minimum absolute atomic E-state index is 0.00667. The second-order valence-electron chi connectivity index (χ2n) is 19.1. The summed E-state index contributed by atoms with van der Waals surface area (Å²) in [5.41, 5.74) is 4.69. The number of rotatable bonds is 6. The molecule has 8 heterocycles. The van der Waals surface area contributed by atoms with Crippen LogP contribution >= 0.6 is 23.2 Å². The Hall–Kier alpha value is -5.84. The second kappa shape index (κ2) is 19.9. The molecule has 72 heavy (non-hydrogen) atoms. The molecule has 0 bridgehead atoms. The molecule has 2 fully saturated rings. The number of aliphatic hydroxyl groups is 2. The number of nitrogens with zero attached hydrogens (tertiary/aromatic N) is 12. The fourth-order valence-corrected chi connectivity index (χ4v) is 11.1. The minimum atomic E-state index is -4.57. The van der Waals surface area contributed by atoms with Crippen LogP contribution in [0.2, 0.25) is 10.0 Å². The van der Waals surface area contributed by atoms with Crippen molar-refractivity contribution in [1.82, 2.24) is 49.3 Å². The van der Waals surface area contributed by atoms with Crippen molar-refractivity contribution in [3.8, 4) is 0 Å². The number of pyridine rings is 2. The molecule has 24 heteroatoms. The first-order valence-corrected chi connectivity index (χ1v) is 24.4. The Kier molecular flexibility index (Phi) is 14.1. The predicted molar refractivity (Wildman–Crippen MR) is 255 cm³/mol. The van der Waals surface area contributed by atoms with Gasteiger partial charge < -0.3 is 38.9 Å². The number of carbonyl (C=O) groups is 2. The first-order chi connectivity index (χ1) is 34.1. The van der Waals surface area contributed by atoms with Crippen LogP contribution in [0.3, 0.4) is 0 Å². The van der Waals surface area contributed by atoms with E-state index in [1.54, 1.807) is 36.0 Å². The van der Waals surface area contributed by atoms with Crippen molar-refractivity contribution < 1.29 is 46.1 Å². The third-order valence-electron chi connectivity index (χ3n) is 14.3. The molecule has 4 aliphatic rings. The van der Waals surface area contributed by atoms with Gasteiger partial charge in [-0.1, -0.05) is 61.3 Å². The van der Waals surface area contributed by atoms with E-state index in [0.717, 1.165) is 53.4 Å². The number of aromatic nitrogens is 8.